The van der Waals surface area contributed by atoms with Crippen molar-refractivity contribution in [3.63, 3.8) is 0 Å². The van der Waals surface area contributed by atoms with Crippen LogP contribution in [0.2, 0.25) is 0 Å². The molecule has 0 aromatic heterocycles. The second kappa shape index (κ2) is 5.80. The van der Waals surface area contributed by atoms with Crippen molar-refractivity contribution in [1.82, 2.24) is 0 Å². The smallest absolute Gasteiger partial charge is 0.309 e. The van der Waals surface area contributed by atoms with Crippen LogP contribution in [-0.2, 0) is 22.4 Å². The standard InChI is InChI=1S/C13H13NO3/c1-3-10-4-9(6-13(16)17-2)5-11(8-15)12(10)7-14/h4-5,8H,3,6H2,1-2H3. The number of hydrogen-bond donors (Lipinski definition) is 0. The maximum absolute atomic E-state index is 11.2. The lowest BCUT2D eigenvalue weighted by Crippen LogP contribution is -2.06. The number of ether oxygens (including phenoxy) is 1. The predicted molar refractivity (Wildman–Crippen MR) is 61.6 cm³/mol. The molecule has 1 aromatic carbocycles. The lowest BCUT2D eigenvalue weighted by Gasteiger charge is -2.07. The van der Waals surface area contributed by atoms with Crippen molar-refractivity contribution in [3.05, 3.63) is 34.4 Å². The molecule has 0 bridgehead atoms. The van der Waals surface area contributed by atoms with Crippen LogP contribution in [0.4, 0.5) is 0 Å². The van der Waals surface area contributed by atoms with E-state index in [1.807, 2.05) is 13.0 Å². The molecule has 0 aliphatic rings. The van der Waals surface area contributed by atoms with Crippen LogP contribution in [0.5, 0.6) is 0 Å². The molecule has 0 spiro atoms. The summed E-state index contributed by atoms with van der Waals surface area (Å²) < 4.78 is 4.57. The minimum absolute atomic E-state index is 0.107. The summed E-state index contributed by atoms with van der Waals surface area (Å²) in [5.74, 6) is -0.367. The van der Waals surface area contributed by atoms with Gasteiger partial charge in [0.2, 0.25) is 0 Å². The van der Waals surface area contributed by atoms with Gasteiger partial charge in [-0.2, -0.15) is 5.26 Å². The molecule has 0 radical (unpaired) electrons. The first-order valence-corrected chi connectivity index (χ1v) is 5.24. The van der Waals surface area contributed by atoms with Crippen molar-refractivity contribution < 1.29 is 14.3 Å². The minimum Gasteiger partial charge on any atom is -0.469 e. The second-order valence-electron chi connectivity index (χ2n) is 3.56. The summed E-state index contributed by atoms with van der Waals surface area (Å²) >= 11 is 0. The summed E-state index contributed by atoms with van der Waals surface area (Å²) in [7, 11) is 1.31. The van der Waals surface area contributed by atoms with Crippen molar-refractivity contribution in [2.24, 2.45) is 0 Å². The average molecular weight is 231 g/mol. The first-order valence-electron chi connectivity index (χ1n) is 5.24. The molecule has 0 aliphatic heterocycles. The van der Waals surface area contributed by atoms with Crippen LogP contribution < -0.4 is 0 Å². The zero-order valence-electron chi connectivity index (χ0n) is 9.82. The van der Waals surface area contributed by atoms with E-state index >= 15 is 0 Å². The molecular formula is C13H13NO3. The molecular weight excluding hydrogens is 218 g/mol. The van der Waals surface area contributed by atoms with Crippen LogP contribution in [0.15, 0.2) is 12.1 Å². The number of methoxy groups -OCH3 is 1. The molecule has 0 aliphatic carbocycles. The van der Waals surface area contributed by atoms with Gasteiger partial charge in [-0.25, -0.2) is 0 Å². The van der Waals surface area contributed by atoms with E-state index < -0.39 is 0 Å². The lowest BCUT2D eigenvalue weighted by atomic mass is 9.96. The number of nitrogens with zero attached hydrogens (tertiary/aromatic N) is 1. The highest BCUT2D eigenvalue weighted by molar-refractivity contribution is 5.81. The Kier molecular flexibility index (Phi) is 4.41. The van der Waals surface area contributed by atoms with E-state index in [1.54, 1.807) is 12.1 Å². The fourth-order valence-electron chi connectivity index (χ4n) is 1.64. The van der Waals surface area contributed by atoms with E-state index in [0.29, 0.717) is 29.4 Å². The number of benzene rings is 1. The SMILES string of the molecule is CCc1cc(CC(=O)OC)cc(C=O)c1C#N. The molecule has 0 saturated carbocycles. The Morgan fingerprint density at radius 2 is 2.24 bits per heavy atom. The first kappa shape index (κ1) is 12.9. The molecule has 0 heterocycles. The molecule has 1 aromatic rings. The summed E-state index contributed by atoms with van der Waals surface area (Å²) in [5, 5.41) is 8.98. The summed E-state index contributed by atoms with van der Waals surface area (Å²) in [6.45, 7) is 1.90. The Bertz CT molecular complexity index is 486. The number of esters is 1. The maximum Gasteiger partial charge on any atom is 0.309 e. The minimum atomic E-state index is -0.367. The highest BCUT2D eigenvalue weighted by Crippen LogP contribution is 2.17. The number of nitriles is 1. The van der Waals surface area contributed by atoms with Gasteiger partial charge in [0.15, 0.2) is 6.29 Å². The zero-order valence-corrected chi connectivity index (χ0v) is 9.82. The summed E-state index contributed by atoms with van der Waals surface area (Å²) in [4.78, 5) is 22.1. The van der Waals surface area contributed by atoms with Crippen molar-refractivity contribution >= 4 is 12.3 Å². The second-order valence-corrected chi connectivity index (χ2v) is 3.56. The maximum atomic E-state index is 11.2. The number of hydrogen-bond acceptors (Lipinski definition) is 4. The highest BCUT2D eigenvalue weighted by Gasteiger charge is 2.11. The van der Waals surface area contributed by atoms with E-state index in [9.17, 15) is 9.59 Å². The molecule has 0 N–H and O–H groups in total. The molecule has 1 rings (SSSR count). The third-order valence-electron chi connectivity index (χ3n) is 2.51. The zero-order chi connectivity index (χ0) is 12.8. The molecule has 17 heavy (non-hydrogen) atoms. The van der Waals surface area contributed by atoms with Gasteiger partial charge >= 0.3 is 5.97 Å². The predicted octanol–water partition coefficient (Wildman–Crippen LogP) is 1.65. The van der Waals surface area contributed by atoms with E-state index in [1.165, 1.54) is 7.11 Å². The van der Waals surface area contributed by atoms with Crippen LogP contribution in [0.1, 0.15) is 34.0 Å². The number of carbonyl (C=O) groups is 2. The van der Waals surface area contributed by atoms with Gasteiger partial charge in [-0.15, -0.1) is 0 Å². The Labute approximate surface area is 99.8 Å². The molecule has 0 fully saturated rings. The van der Waals surface area contributed by atoms with Gasteiger partial charge in [0.05, 0.1) is 19.1 Å². The van der Waals surface area contributed by atoms with Gasteiger partial charge in [0.1, 0.15) is 6.07 Å². The molecule has 0 atom stereocenters. The topological polar surface area (TPSA) is 67.2 Å². The van der Waals surface area contributed by atoms with Gasteiger partial charge in [-0.05, 0) is 23.6 Å². The molecule has 0 unspecified atom stereocenters. The van der Waals surface area contributed by atoms with Gasteiger partial charge in [-0.3, -0.25) is 9.59 Å². The van der Waals surface area contributed by atoms with Gasteiger partial charge < -0.3 is 4.74 Å². The quantitative estimate of drug-likeness (QED) is 0.583. The summed E-state index contributed by atoms with van der Waals surface area (Å²) in [5.41, 5.74) is 2.17. The fraction of sp³-hybridized carbons (Fsp3) is 0.308. The summed E-state index contributed by atoms with van der Waals surface area (Å²) in [6, 6.07) is 5.34. The molecule has 0 saturated heterocycles. The third-order valence-corrected chi connectivity index (χ3v) is 2.51. The van der Waals surface area contributed by atoms with Crippen LogP contribution in [0.25, 0.3) is 0 Å². The van der Waals surface area contributed by atoms with E-state index in [0.717, 1.165) is 5.56 Å². The van der Waals surface area contributed by atoms with Crippen LogP contribution in [0.3, 0.4) is 0 Å². The number of carbonyl (C=O) groups excluding carboxylic acids is 2. The van der Waals surface area contributed by atoms with E-state index in [4.69, 9.17) is 5.26 Å². The Hall–Kier alpha value is -2.15. The highest BCUT2D eigenvalue weighted by atomic mass is 16.5. The largest absolute Gasteiger partial charge is 0.469 e. The fourth-order valence-corrected chi connectivity index (χ4v) is 1.64. The van der Waals surface area contributed by atoms with Crippen LogP contribution >= 0.6 is 0 Å². The Balaban J connectivity index is 3.23. The number of rotatable bonds is 4. The average Bonchev–Trinajstić information content (AvgIpc) is 2.37. The van der Waals surface area contributed by atoms with E-state index in [2.05, 4.69) is 4.74 Å². The van der Waals surface area contributed by atoms with Crippen LogP contribution in [0, 0.1) is 11.3 Å². The molecule has 4 nitrogen and oxygen atoms in total. The number of aldehydes is 1. The van der Waals surface area contributed by atoms with Crippen molar-refractivity contribution in [3.8, 4) is 6.07 Å². The lowest BCUT2D eigenvalue weighted by molar-refractivity contribution is -0.139. The van der Waals surface area contributed by atoms with E-state index in [-0.39, 0.29) is 12.4 Å². The first-order chi connectivity index (χ1) is 8.15. The summed E-state index contributed by atoms with van der Waals surface area (Å²) in [6.07, 6.45) is 1.38. The van der Waals surface area contributed by atoms with Crippen LogP contribution in [-0.4, -0.2) is 19.4 Å². The third kappa shape index (κ3) is 2.91. The Morgan fingerprint density at radius 1 is 1.53 bits per heavy atom. The van der Waals surface area contributed by atoms with Gasteiger partial charge in [0.25, 0.3) is 0 Å². The van der Waals surface area contributed by atoms with Gasteiger partial charge in [-0.1, -0.05) is 13.0 Å². The molecule has 88 valence electrons. The monoisotopic (exact) mass is 231 g/mol. The normalized spacial score (nSPS) is 9.47. The van der Waals surface area contributed by atoms with Crippen molar-refractivity contribution in [2.75, 3.05) is 7.11 Å². The Morgan fingerprint density at radius 3 is 2.71 bits per heavy atom. The van der Waals surface area contributed by atoms with Crippen molar-refractivity contribution in [1.29, 1.82) is 5.26 Å². The number of aryl methyl sites for hydroxylation is 1. The molecule has 0 amide bonds. The van der Waals surface area contributed by atoms with Gasteiger partial charge in [0, 0.05) is 5.56 Å². The molecule has 4 heteroatoms. The van der Waals surface area contributed by atoms with Crippen molar-refractivity contribution in [2.45, 2.75) is 19.8 Å².